The Hall–Kier alpha value is -2.38. The van der Waals surface area contributed by atoms with E-state index in [1.165, 1.54) is 31.9 Å². The number of likely N-dealkylation sites (N-methyl/N-ethyl adjacent to an activating group) is 1. The first-order valence-electron chi connectivity index (χ1n) is 9.51. The Bertz CT molecular complexity index is 910. The molecule has 1 N–H and O–H groups in total. The van der Waals surface area contributed by atoms with Gasteiger partial charge in [-0.05, 0) is 48.6 Å². The third-order valence-corrected chi connectivity index (χ3v) is 6.73. The van der Waals surface area contributed by atoms with E-state index in [2.05, 4.69) is 31.3 Å². The minimum absolute atomic E-state index is 0.102. The van der Waals surface area contributed by atoms with Gasteiger partial charge in [0.1, 0.15) is 5.75 Å². The Morgan fingerprint density at radius 2 is 1.69 bits per heavy atom. The number of benzene rings is 2. The van der Waals surface area contributed by atoms with Crippen molar-refractivity contribution in [3.63, 3.8) is 0 Å². The van der Waals surface area contributed by atoms with Crippen LogP contribution < -0.4 is 10.1 Å². The zero-order valence-corrected chi connectivity index (χ0v) is 18.5. The molecule has 0 heterocycles. The molecule has 0 aliphatic carbocycles. The molecule has 0 radical (unpaired) electrons. The van der Waals surface area contributed by atoms with Crippen molar-refractivity contribution < 1.29 is 17.9 Å². The second-order valence-electron chi connectivity index (χ2n) is 7.86. The molecule has 7 heteroatoms. The van der Waals surface area contributed by atoms with Crippen LogP contribution >= 0.6 is 0 Å². The molecule has 0 aromatic heterocycles. The smallest absolute Gasteiger partial charge is 0.243 e. The summed E-state index contributed by atoms with van der Waals surface area (Å²) in [6.07, 6.45) is 0.734. The molecule has 158 valence electrons. The molecule has 6 nitrogen and oxygen atoms in total. The summed E-state index contributed by atoms with van der Waals surface area (Å²) in [6, 6.07) is 16.1. The number of rotatable bonds is 9. The van der Waals surface area contributed by atoms with Crippen LogP contribution in [0.25, 0.3) is 0 Å². The third kappa shape index (κ3) is 6.05. The van der Waals surface area contributed by atoms with Gasteiger partial charge >= 0.3 is 0 Å². The van der Waals surface area contributed by atoms with Crippen LogP contribution in [0.1, 0.15) is 32.8 Å². The van der Waals surface area contributed by atoms with E-state index in [0.717, 1.165) is 10.7 Å². The van der Waals surface area contributed by atoms with Crippen molar-refractivity contribution in [1.29, 1.82) is 0 Å². The van der Waals surface area contributed by atoms with Crippen molar-refractivity contribution in [2.24, 2.45) is 0 Å². The number of carbonyl (C=O) groups is 1. The number of nitrogens with one attached hydrogen (secondary N) is 1. The maximum absolute atomic E-state index is 12.7. The normalized spacial score (nSPS) is 13.2. The fraction of sp³-hybridized carbons (Fsp3) is 0.409. The van der Waals surface area contributed by atoms with Crippen LogP contribution in [0.4, 0.5) is 0 Å². The van der Waals surface area contributed by atoms with Gasteiger partial charge in [-0.2, -0.15) is 4.31 Å². The standard InChI is InChI=1S/C22H30N2O4S/c1-17(15-22(2,3)18-9-7-6-8-10-18)23-21(25)16-24(4)29(26,27)20-13-11-19(28-5)12-14-20/h6-14,17H,15-16H2,1-5H3,(H,23,25). The number of hydrogen-bond acceptors (Lipinski definition) is 4. The van der Waals surface area contributed by atoms with Crippen molar-refractivity contribution in [1.82, 2.24) is 9.62 Å². The number of nitrogens with zero attached hydrogens (tertiary/aromatic N) is 1. The van der Waals surface area contributed by atoms with Gasteiger partial charge < -0.3 is 10.1 Å². The first-order chi connectivity index (χ1) is 13.6. The van der Waals surface area contributed by atoms with Gasteiger partial charge in [-0.25, -0.2) is 8.42 Å². The number of sulfonamides is 1. The molecule has 0 saturated heterocycles. The van der Waals surface area contributed by atoms with Gasteiger partial charge in [-0.1, -0.05) is 44.2 Å². The van der Waals surface area contributed by atoms with Gasteiger partial charge in [0, 0.05) is 13.1 Å². The third-order valence-electron chi connectivity index (χ3n) is 4.91. The summed E-state index contributed by atoms with van der Waals surface area (Å²) in [6.45, 7) is 5.95. The maximum atomic E-state index is 12.7. The summed E-state index contributed by atoms with van der Waals surface area (Å²) in [5.74, 6) is 0.236. The van der Waals surface area contributed by atoms with Gasteiger partial charge in [-0.15, -0.1) is 0 Å². The lowest BCUT2D eigenvalue weighted by molar-refractivity contribution is -0.121. The second-order valence-corrected chi connectivity index (χ2v) is 9.90. The predicted molar refractivity (Wildman–Crippen MR) is 114 cm³/mol. The maximum Gasteiger partial charge on any atom is 0.243 e. The van der Waals surface area contributed by atoms with E-state index in [1.54, 1.807) is 12.1 Å². The summed E-state index contributed by atoms with van der Waals surface area (Å²) in [4.78, 5) is 12.5. The lowest BCUT2D eigenvalue weighted by atomic mass is 9.79. The Morgan fingerprint density at radius 3 is 2.24 bits per heavy atom. The molecule has 0 bridgehead atoms. The Kier molecular flexibility index (Phi) is 7.43. The number of hydrogen-bond donors (Lipinski definition) is 1. The first kappa shape index (κ1) is 22.9. The summed E-state index contributed by atoms with van der Waals surface area (Å²) in [7, 11) is -0.841. The highest BCUT2D eigenvalue weighted by Gasteiger charge is 2.26. The lowest BCUT2D eigenvalue weighted by Crippen LogP contribution is -2.43. The highest BCUT2D eigenvalue weighted by molar-refractivity contribution is 7.89. The van der Waals surface area contributed by atoms with Crippen LogP contribution in [0.15, 0.2) is 59.5 Å². The Labute approximate surface area is 173 Å². The molecule has 1 unspecified atom stereocenters. The SMILES string of the molecule is COc1ccc(S(=O)(=O)N(C)CC(=O)NC(C)CC(C)(C)c2ccccc2)cc1. The van der Waals surface area contributed by atoms with E-state index in [-0.39, 0.29) is 28.8 Å². The van der Waals surface area contributed by atoms with Crippen molar-refractivity contribution in [3.05, 3.63) is 60.2 Å². The molecule has 2 aromatic rings. The van der Waals surface area contributed by atoms with Gasteiger partial charge in [0.25, 0.3) is 0 Å². The summed E-state index contributed by atoms with van der Waals surface area (Å²) < 4.78 is 31.4. The highest BCUT2D eigenvalue weighted by Crippen LogP contribution is 2.28. The van der Waals surface area contributed by atoms with Gasteiger partial charge in [-0.3, -0.25) is 4.79 Å². The molecule has 0 aliphatic heterocycles. The van der Waals surface area contributed by atoms with E-state index in [4.69, 9.17) is 4.74 Å². The first-order valence-corrected chi connectivity index (χ1v) is 11.0. The van der Waals surface area contributed by atoms with Crippen molar-refractivity contribution in [2.45, 2.75) is 43.5 Å². The number of amides is 1. The van der Waals surface area contributed by atoms with E-state index >= 15 is 0 Å². The fourth-order valence-electron chi connectivity index (χ4n) is 3.36. The molecule has 1 atom stereocenters. The largest absolute Gasteiger partial charge is 0.497 e. The summed E-state index contributed by atoms with van der Waals surface area (Å²) in [5, 5.41) is 2.91. The van der Waals surface area contributed by atoms with Gasteiger partial charge in [0.15, 0.2) is 0 Å². The minimum Gasteiger partial charge on any atom is -0.497 e. The van der Waals surface area contributed by atoms with E-state index in [1.807, 2.05) is 25.1 Å². The van der Waals surface area contributed by atoms with Crippen molar-refractivity contribution in [3.8, 4) is 5.75 Å². The minimum atomic E-state index is -3.76. The summed E-state index contributed by atoms with van der Waals surface area (Å²) >= 11 is 0. The fourth-order valence-corrected chi connectivity index (χ4v) is 4.49. The van der Waals surface area contributed by atoms with Crippen LogP contribution in [0.2, 0.25) is 0 Å². The molecule has 0 fully saturated rings. The molecule has 0 aliphatic rings. The zero-order chi connectivity index (χ0) is 21.7. The molecule has 0 spiro atoms. The number of carbonyl (C=O) groups excluding carboxylic acids is 1. The Balaban J connectivity index is 1.96. The topological polar surface area (TPSA) is 75.7 Å². The molecule has 29 heavy (non-hydrogen) atoms. The van der Waals surface area contributed by atoms with Gasteiger partial charge in [0.2, 0.25) is 15.9 Å². The highest BCUT2D eigenvalue weighted by atomic mass is 32.2. The molecule has 0 saturated carbocycles. The number of methoxy groups -OCH3 is 1. The average Bonchev–Trinajstić information content (AvgIpc) is 2.68. The predicted octanol–water partition coefficient (Wildman–Crippen LogP) is 3.19. The molecular weight excluding hydrogens is 388 g/mol. The second kappa shape index (κ2) is 9.41. The monoisotopic (exact) mass is 418 g/mol. The van der Waals surface area contributed by atoms with Crippen LogP contribution in [-0.2, 0) is 20.2 Å². The van der Waals surface area contributed by atoms with Crippen molar-refractivity contribution >= 4 is 15.9 Å². The van der Waals surface area contributed by atoms with Crippen LogP contribution in [0.3, 0.4) is 0 Å². The van der Waals surface area contributed by atoms with Crippen LogP contribution in [0, 0.1) is 0 Å². The van der Waals surface area contributed by atoms with Gasteiger partial charge in [0.05, 0.1) is 18.6 Å². The summed E-state index contributed by atoms with van der Waals surface area (Å²) in [5.41, 5.74) is 1.08. The molecular formula is C22H30N2O4S. The van der Waals surface area contributed by atoms with Crippen molar-refractivity contribution in [2.75, 3.05) is 20.7 Å². The molecule has 1 amide bonds. The Morgan fingerprint density at radius 1 is 1.10 bits per heavy atom. The average molecular weight is 419 g/mol. The quantitative estimate of drug-likeness (QED) is 0.679. The molecule has 2 rings (SSSR count). The molecule has 2 aromatic carbocycles. The van der Waals surface area contributed by atoms with E-state index in [0.29, 0.717) is 5.75 Å². The number of ether oxygens (including phenoxy) is 1. The van der Waals surface area contributed by atoms with E-state index in [9.17, 15) is 13.2 Å². The lowest BCUT2D eigenvalue weighted by Gasteiger charge is -2.29. The zero-order valence-electron chi connectivity index (χ0n) is 17.7. The van der Waals surface area contributed by atoms with E-state index < -0.39 is 10.0 Å². The van der Waals surface area contributed by atoms with Crippen LogP contribution in [-0.4, -0.2) is 45.4 Å². The van der Waals surface area contributed by atoms with Crippen LogP contribution in [0.5, 0.6) is 5.75 Å².